The van der Waals surface area contributed by atoms with Crippen LogP contribution in [0.3, 0.4) is 0 Å². The Balaban J connectivity index is 1.16. The predicted octanol–water partition coefficient (Wildman–Crippen LogP) is 2.94. The Morgan fingerprint density at radius 3 is 2.44 bits per heavy atom. The summed E-state index contributed by atoms with van der Waals surface area (Å²) in [7, 11) is 0. The first-order chi connectivity index (χ1) is 16.3. The van der Waals surface area contributed by atoms with Crippen LogP contribution in [0, 0.1) is 10.1 Å². The lowest BCUT2D eigenvalue weighted by molar-refractivity contribution is -0.384. The van der Waals surface area contributed by atoms with Gasteiger partial charge in [0.2, 0.25) is 0 Å². The van der Waals surface area contributed by atoms with Gasteiger partial charge in [0.05, 0.1) is 11.3 Å². The van der Waals surface area contributed by atoms with Crippen molar-refractivity contribution in [2.45, 2.75) is 37.9 Å². The molecule has 1 aliphatic heterocycles. The van der Waals surface area contributed by atoms with E-state index in [2.05, 4.69) is 10.6 Å². The van der Waals surface area contributed by atoms with Crippen LogP contribution in [0.4, 0.5) is 11.4 Å². The van der Waals surface area contributed by atoms with E-state index >= 15 is 0 Å². The van der Waals surface area contributed by atoms with Crippen LogP contribution in [-0.4, -0.2) is 41.6 Å². The van der Waals surface area contributed by atoms with Gasteiger partial charge in [-0.2, -0.15) is 0 Å². The van der Waals surface area contributed by atoms with E-state index in [-0.39, 0.29) is 24.2 Å². The van der Waals surface area contributed by atoms with Gasteiger partial charge in [0.25, 0.3) is 23.3 Å². The Labute approximate surface area is 194 Å². The average Bonchev–Trinajstić information content (AvgIpc) is 3.42. The Morgan fingerprint density at radius 1 is 1.03 bits per heavy atom. The molecule has 11 heteroatoms. The number of non-ortho nitro benzene ring substituents is 1. The van der Waals surface area contributed by atoms with Gasteiger partial charge in [0.15, 0.2) is 18.1 Å². The molecule has 1 fully saturated rings. The lowest BCUT2D eigenvalue weighted by atomic mass is 10.2. The molecule has 11 nitrogen and oxygen atoms in total. The molecule has 4 rings (SSSR count). The number of hydrogen-bond acceptors (Lipinski definition) is 8. The normalized spacial score (nSPS) is 15.1. The first-order valence-corrected chi connectivity index (χ1v) is 10.8. The zero-order valence-corrected chi connectivity index (χ0v) is 18.2. The molecule has 1 saturated carbocycles. The predicted molar refractivity (Wildman–Crippen MR) is 119 cm³/mol. The van der Waals surface area contributed by atoms with Crippen LogP contribution >= 0.6 is 0 Å². The second-order valence-corrected chi connectivity index (χ2v) is 8.00. The molecule has 2 aromatic carbocycles. The summed E-state index contributed by atoms with van der Waals surface area (Å²) in [5, 5.41) is 15.8. The molecule has 0 radical (unpaired) electrons. The maximum atomic E-state index is 12.1. The Bertz CT molecular complexity index is 1110. The van der Waals surface area contributed by atoms with Crippen LogP contribution in [0.25, 0.3) is 0 Å². The summed E-state index contributed by atoms with van der Waals surface area (Å²) in [6, 6.07) is 10.2. The number of carbonyl (C=O) groups is 3. The molecule has 2 N–H and O–H groups in total. The fourth-order valence-electron chi connectivity index (χ4n) is 3.82. The summed E-state index contributed by atoms with van der Waals surface area (Å²) in [5.74, 6) is -1.04. The Hall–Kier alpha value is -4.15. The number of nitro benzene ring substituents is 1. The van der Waals surface area contributed by atoms with Crippen LogP contribution in [0.1, 0.15) is 42.5 Å². The van der Waals surface area contributed by atoms with E-state index in [1.54, 1.807) is 18.2 Å². The number of nitro groups is 1. The monoisotopic (exact) mass is 469 g/mol. The number of amides is 2. The largest absolute Gasteiger partial charge is 0.456 e. The van der Waals surface area contributed by atoms with Gasteiger partial charge < -0.3 is 24.8 Å². The van der Waals surface area contributed by atoms with Gasteiger partial charge in [-0.05, 0) is 37.1 Å². The van der Waals surface area contributed by atoms with Crippen LogP contribution < -0.4 is 20.1 Å². The summed E-state index contributed by atoms with van der Waals surface area (Å²) in [5.41, 5.74) is 0.589. The summed E-state index contributed by atoms with van der Waals surface area (Å²) < 4.78 is 16.8. The van der Waals surface area contributed by atoms with Crippen LogP contribution in [0.15, 0.2) is 42.5 Å². The van der Waals surface area contributed by atoms with E-state index in [1.165, 1.54) is 24.3 Å². The van der Waals surface area contributed by atoms with Crippen molar-refractivity contribution in [3.8, 4) is 11.5 Å². The van der Waals surface area contributed by atoms with Crippen molar-refractivity contribution in [3.05, 3.63) is 58.1 Å². The molecule has 1 spiro atoms. The standard InChI is InChI=1S/C23H23N3O8/c27-20(25-16-5-8-18-19(13-16)34-23(33-18)10-1-2-11-23)14-32-21(28)9-12-24-22(29)15-3-6-17(7-4-15)26(30)31/h3-8,13H,1-2,9-12,14H2,(H,24,29)(H,25,27). The number of anilines is 1. The van der Waals surface area contributed by atoms with Crippen molar-refractivity contribution in [1.82, 2.24) is 5.32 Å². The number of rotatable bonds is 8. The van der Waals surface area contributed by atoms with Gasteiger partial charge in [0, 0.05) is 48.8 Å². The number of nitrogens with one attached hydrogen (secondary N) is 2. The third kappa shape index (κ3) is 5.42. The summed E-state index contributed by atoms with van der Waals surface area (Å²) in [4.78, 5) is 46.1. The quantitative estimate of drug-likeness (QED) is 0.341. The molecule has 1 aliphatic carbocycles. The Morgan fingerprint density at radius 2 is 1.74 bits per heavy atom. The SMILES string of the molecule is O=C(COC(=O)CCNC(=O)c1ccc([N+](=O)[O-])cc1)Nc1ccc2c(c1)OC1(CCCC1)O2. The van der Waals surface area contributed by atoms with Crippen molar-refractivity contribution in [3.63, 3.8) is 0 Å². The maximum Gasteiger partial charge on any atom is 0.308 e. The fourth-order valence-corrected chi connectivity index (χ4v) is 3.82. The molecule has 0 bridgehead atoms. The number of nitrogens with zero attached hydrogens (tertiary/aromatic N) is 1. The van der Waals surface area contributed by atoms with Gasteiger partial charge in [-0.25, -0.2) is 0 Å². The number of benzene rings is 2. The minimum atomic E-state index is -0.659. The molecule has 1 heterocycles. The van der Waals surface area contributed by atoms with Crippen molar-refractivity contribution >= 4 is 29.2 Å². The third-order valence-electron chi connectivity index (χ3n) is 5.50. The highest BCUT2D eigenvalue weighted by Crippen LogP contribution is 2.47. The third-order valence-corrected chi connectivity index (χ3v) is 5.50. The summed E-state index contributed by atoms with van der Waals surface area (Å²) in [6.07, 6.45) is 3.60. The molecule has 2 aliphatic rings. The number of carbonyl (C=O) groups excluding carboxylic acids is 3. The number of hydrogen-bond donors (Lipinski definition) is 2. The van der Waals surface area contributed by atoms with E-state index in [4.69, 9.17) is 14.2 Å². The smallest absolute Gasteiger partial charge is 0.308 e. The maximum absolute atomic E-state index is 12.1. The number of fused-ring (bicyclic) bond motifs is 1. The highest BCUT2D eigenvalue weighted by Gasteiger charge is 2.44. The minimum Gasteiger partial charge on any atom is -0.456 e. The second kappa shape index (κ2) is 9.77. The molecule has 0 saturated heterocycles. The molecule has 2 amide bonds. The zero-order chi connectivity index (χ0) is 24.1. The van der Waals surface area contributed by atoms with Crippen LogP contribution in [0.2, 0.25) is 0 Å². The molecular weight excluding hydrogens is 446 g/mol. The summed E-state index contributed by atoms with van der Waals surface area (Å²) in [6.45, 7) is -0.492. The average molecular weight is 469 g/mol. The Kier molecular flexibility index (Phi) is 6.62. The van der Waals surface area contributed by atoms with E-state index in [0.717, 1.165) is 25.7 Å². The first-order valence-electron chi connectivity index (χ1n) is 10.8. The van der Waals surface area contributed by atoms with Crippen LogP contribution in [-0.2, 0) is 14.3 Å². The van der Waals surface area contributed by atoms with Gasteiger partial charge in [-0.15, -0.1) is 0 Å². The second-order valence-electron chi connectivity index (χ2n) is 8.00. The van der Waals surface area contributed by atoms with Crippen LogP contribution in [0.5, 0.6) is 11.5 Å². The van der Waals surface area contributed by atoms with Crippen molar-refractivity contribution in [2.75, 3.05) is 18.5 Å². The van der Waals surface area contributed by atoms with E-state index in [1.807, 2.05) is 0 Å². The molecular formula is C23H23N3O8. The van der Waals surface area contributed by atoms with E-state index < -0.39 is 35.1 Å². The molecule has 0 unspecified atom stereocenters. The number of esters is 1. The van der Waals surface area contributed by atoms with Crippen molar-refractivity contribution < 1.29 is 33.5 Å². The zero-order valence-electron chi connectivity index (χ0n) is 18.2. The van der Waals surface area contributed by atoms with E-state index in [9.17, 15) is 24.5 Å². The lowest BCUT2D eigenvalue weighted by Crippen LogP contribution is -2.34. The first kappa shape index (κ1) is 23.0. The fraction of sp³-hybridized carbons (Fsp3) is 0.348. The topological polar surface area (TPSA) is 146 Å². The molecule has 34 heavy (non-hydrogen) atoms. The van der Waals surface area contributed by atoms with Gasteiger partial charge in [0.1, 0.15) is 0 Å². The lowest BCUT2D eigenvalue weighted by Gasteiger charge is -2.21. The van der Waals surface area contributed by atoms with Gasteiger partial charge in [-0.3, -0.25) is 24.5 Å². The molecule has 178 valence electrons. The van der Waals surface area contributed by atoms with Crippen molar-refractivity contribution in [2.24, 2.45) is 0 Å². The molecule has 0 aromatic heterocycles. The number of ether oxygens (including phenoxy) is 3. The molecule has 2 aromatic rings. The van der Waals surface area contributed by atoms with Gasteiger partial charge >= 0.3 is 5.97 Å². The minimum absolute atomic E-state index is 0.0137. The highest BCUT2D eigenvalue weighted by atomic mass is 16.7. The highest BCUT2D eigenvalue weighted by molar-refractivity contribution is 5.95. The molecule has 0 atom stereocenters. The van der Waals surface area contributed by atoms with Gasteiger partial charge in [-0.1, -0.05) is 0 Å². The van der Waals surface area contributed by atoms with E-state index in [0.29, 0.717) is 17.2 Å². The van der Waals surface area contributed by atoms with Crippen molar-refractivity contribution in [1.29, 1.82) is 0 Å². The summed E-state index contributed by atoms with van der Waals surface area (Å²) >= 11 is 0.